The number of nitrogens with zero attached hydrogens (tertiary/aromatic N) is 3. The van der Waals surface area contributed by atoms with Gasteiger partial charge in [0.1, 0.15) is 5.75 Å². The summed E-state index contributed by atoms with van der Waals surface area (Å²) in [5.41, 5.74) is 15.6. The summed E-state index contributed by atoms with van der Waals surface area (Å²) in [5, 5.41) is 0. The molecule has 0 unspecified atom stereocenters. The Hall–Kier alpha value is -2.25. The Labute approximate surface area is 161 Å². The topological polar surface area (TPSA) is 89.3 Å². The molecule has 27 heavy (non-hydrogen) atoms. The zero-order chi connectivity index (χ0) is 19.2. The second kappa shape index (κ2) is 9.10. The molecule has 7 nitrogen and oxygen atoms in total. The molecule has 0 aromatic heterocycles. The molecule has 0 amide bonds. The molecule has 3 rings (SSSR count). The van der Waals surface area contributed by atoms with Gasteiger partial charge in [-0.1, -0.05) is 0 Å². The number of methoxy groups -OCH3 is 1. The number of morpholine rings is 1. The molecule has 0 atom stereocenters. The number of piperidine rings is 1. The van der Waals surface area contributed by atoms with Crippen molar-refractivity contribution in [1.82, 2.24) is 4.90 Å². The third-order valence-electron chi connectivity index (χ3n) is 5.47. The molecule has 2 fully saturated rings. The number of hydrogen-bond donors (Lipinski definition) is 2. The first-order valence-electron chi connectivity index (χ1n) is 9.56. The molecule has 0 radical (unpaired) electrons. The van der Waals surface area contributed by atoms with Crippen LogP contribution in [0.4, 0.5) is 11.4 Å². The van der Waals surface area contributed by atoms with Crippen molar-refractivity contribution in [1.29, 1.82) is 0 Å². The molecule has 2 aliphatic rings. The predicted octanol–water partition coefficient (Wildman–Crippen LogP) is 1.58. The van der Waals surface area contributed by atoms with Crippen molar-refractivity contribution in [3.05, 3.63) is 23.9 Å². The van der Waals surface area contributed by atoms with Crippen molar-refractivity contribution in [2.75, 3.05) is 64.2 Å². The van der Waals surface area contributed by atoms with Crippen LogP contribution in [-0.2, 0) is 4.74 Å². The van der Waals surface area contributed by atoms with Gasteiger partial charge >= 0.3 is 0 Å². The lowest BCUT2D eigenvalue weighted by Crippen LogP contribution is -2.49. The largest absolute Gasteiger partial charge is 0.495 e. The van der Waals surface area contributed by atoms with Crippen LogP contribution in [0.5, 0.6) is 5.75 Å². The maximum atomic E-state index is 6.16. The van der Waals surface area contributed by atoms with Gasteiger partial charge in [0, 0.05) is 74.6 Å². The number of hydrogen-bond acceptors (Lipinski definition) is 7. The summed E-state index contributed by atoms with van der Waals surface area (Å²) in [5.74, 6) is 0.689. The Morgan fingerprint density at radius 2 is 1.93 bits per heavy atom. The first-order chi connectivity index (χ1) is 13.2. The van der Waals surface area contributed by atoms with Crippen molar-refractivity contribution in [2.24, 2.45) is 10.7 Å². The lowest BCUT2D eigenvalue weighted by molar-refractivity contribution is 0.0115. The molecule has 0 saturated carbocycles. The van der Waals surface area contributed by atoms with Gasteiger partial charge in [0.05, 0.1) is 26.0 Å². The Morgan fingerprint density at radius 1 is 1.22 bits per heavy atom. The molecule has 1 aromatic carbocycles. The zero-order valence-electron chi connectivity index (χ0n) is 16.4. The van der Waals surface area contributed by atoms with E-state index in [1.807, 2.05) is 12.1 Å². The van der Waals surface area contributed by atoms with Crippen LogP contribution in [-0.4, -0.2) is 70.7 Å². The third kappa shape index (κ3) is 4.36. The Balaban J connectivity index is 1.82. The van der Waals surface area contributed by atoms with Gasteiger partial charge in [0.2, 0.25) is 0 Å². The maximum absolute atomic E-state index is 6.16. The van der Waals surface area contributed by atoms with Crippen LogP contribution in [0, 0.1) is 0 Å². The molecule has 2 aliphatic heterocycles. The molecule has 4 N–H and O–H groups in total. The summed E-state index contributed by atoms with van der Waals surface area (Å²) < 4.78 is 10.9. The number of rotatable bonds is 5. The first-order valence-corrected chi connectivity index (χ1v) is 9.56. The van der Waals surface area contributed by atoms with Crippen LogP contribution >= 0.6 is 0 Å². The highest BCUT2D eigenvalue weighted by Gasteiger charge is 2.27. The van der Waals surface area contributed by atoms with E-state index >= 15 is 0 Å². The molecule has 0 aliphatic carbocycles. The molecule has 2 heterocycles. The minimum atomic E-state index is 0.600. The van der Waals surface area contributed by atoms with E-state index in [1.165, 1.54) is 0 Å². The minimum Gasteiger partial charge on any atom is -0.495 e. The predicted molar refractivity (Wildman–Crippen MR) is 112 cm³/mol. The number of benzene rings is 1. The fourth-order valence-electron chi connectivity index (χ4n) is 4.01. The highest BCUT2D eigenvalue weighted by Crippen LogP contribution is 2.36. The van der Waals surface area contributed by atoms with Crippen molar-refractivity contribution < 1.29 is 9.47 Å². The molecule has 148 valence electrons. The lowest BCUT2D eigenvalue weighted by atomic mass is 9.98. The van der Waals surface area contributed by atoms with E-state index in [1.54, 1.807) is 26.6 Å². The van der Waals surface area contributed by atoms with E-state index in [0.717, 1.165) is 69.1 Å². The van der Waals surface area contributed by atoms with E-state index < -0.39 is 0 Å². The van der Waals surface area contributed by atoms with Gasteiger partial charge in [-0.15, -0.1) is 0 Å². The standard InChI is InChI=1S/C20H31N5O2/c1-23-14-15(13-21)17-11-18(22)20(26-2)12-19(17)25-5-3-16(4-6-25)24-7-9-27-10-8-24/h11-14,16H,3-10,21-22H2,1-2H3. The minimum absolute atomic E-state index is 0.600. The molecular weight excluding hydrogens is 342 g/mol. The van der Waals surface area contributed by atoms with E-state index in [0.29, 0.717) is 17.5 Å². The second-order valence-corrected chi connectivity index (χ2v) is 6.99. The van der Waals surface area contributed by atoms with Gasteiger partial charge in [-0.3, -0.25) is 9.89 Å². The van der Waals surface area contributed by atoms with Crippen LogP contribution in [0.15, 0.2) is 23.3 Å². The summed E-state index contributed by atoms with van der Waals surface area (Å²) >= 11 is 0. The Morgan fingerprint density at radius 3 is 2.52 bits per heavy atom. The molecule has 2 saturated heterocycles. The molecule has 0 bridgehead atoms. The lowest BCUT2D eigenvalue weighted by Gasteiger charge is -2.41. The number of allylic oxidation sites excluding steroid dienone is 1. The quantitative estimate of drug-likeness (QED) is 0.602. The number of anilines is 2. The summed E-state index contributed by atoms with van der Waals surface area (Å²) in [4.78, 5) is 9.11. The average molecular weight is 374 g/mol. The van der Waals surface area contributed by atoms with E-state index in [2.05, 4.69) is 14.8 Å². The highest BCUT2D eigenvalue weighted by atomic mass is 16.5. The Kier molecular flexibility index (Phi) is 6.58. The third-order valence-corrected chi connectivity index (χ3v) is 5.47. The van der Waals surface area contributed by atoms with Gasteiger partial charge in [0.15, 0.2) is 0 Å². The fraction of sp³-hybridized carbons (Fsp3) is 0.550. The van der Waals surface area contributed by atoms with Crippen molar-refractivity contribution >= 4 is 23.2 Å². The number of ether oxygens (including phenoxy) is 2. The molecule has 7 heteroatoms. The first kappa shape index (κ1) is 19.5. The summed E-state index contributed by atoms with van der Waals surface area (Å²) in [7, 11) is 3.39. The van der Waals surface area contributed by atoms with Crippen LogP contribution in [0.2, 0.25) is 0 Å². The van der Waals surface area contributed by atoms with Gasteiger partial charge < -0.3 is 25.8 Å². The van der Waals surface area contributed by atoms with Gasteiger partial charge in [-0.25, -0.2) is 0 Å². The van der Waals surface area contributed by atoms with Gasteiger partial charge in [-0.05, 0) is 18.9 Å². The summed E-state index contributed by atoms with van der Waals surface area (Å²) in [6.07, 6.45) is 5.62. The van der Waals surface area contributed by atoms with Crippen LogP contribution in [0.1, 0.15) is 18.4 Å². The SMILES string of the molecule is CN=CC(=CN)c1cc(N)c(OC)cc1N1CCC(N2CCOCC2)CC1. The average Bonchev–Trinajstić information content (AvgIpc) is 2.72. The van der Waals surface area contributed by atoms with E-state index in [4.69, 9.17) is 20.9 Å². The number of nitrogens with two attached hydrogens (primary N) is 2. The normalized spacial score (nSPS) is 20.4. The van der Waals surface area contributed by atoms with Crippen molar-refractivity contribution in [3.8, 4) is 5.75 Å². The van der Waals surface area contributed by atoms with E-state index in [9.17, 15) is 0 Å². The monoisotopic (exact) mass is 373 g/mol. The highest BCUT2D eigenvalue weighted by molar-refractivity contribution is 6.12. The fourth-order valence-corrected chi connectivity index (χ4v) is 4.01. The molecular formula is C20H31N5O2. The number of nitrogen functional groups attached to an aromatic ring is 1. The van der Waals surface area contributed by atoms with Crippen molar-refractivity contribution in [2.45, 2.75) is 18.9 Å². The summed E-state index contributed by atoms with van der Waals surface area (Å²) in [6.45, 7) is 5.75. The van der Waals surface area contributed by atoms with Crippen LogP contribution in [0.3, 0.4) is 0 Å². The maximum Gasteiger partial charge on any atom is 0.143 e. The van der Waals surface area contributed by atoms with Crippen LogP contribution in [0.25, 0.3) is 5.57 Å². The van der Waals surface area contributed by atoms with Gasteiger partial charge in [0.25, 0.3) is 0 Å². The summed E-state index contributed by atoms with van der Waals surface area (Å²) in [6, 6.07) is 4.58. The smallest absolute Gasteiger partial charge is 0.143 e. The molecule has 0 spiro atoms. The van der Waals surface area contributed by atoms with Crippen molar-refractivity contribution in [3.63, 3.8) is 0 Å². The Bertz CT molecular complexity index is 690. The number of aliphatic imine (C=N–C) groups is 1. The van der Waals surface area contributed by atoms with Crippen LogP contribution < -0.4 is 21.1 Å². The second-order valence-electron chi connectivity index (χ2n) is 6.99. The zero-order valence-corrected chi connectivity index (χ0v) is 16.4. The van der Waals surface area contributed by atoms with Gasteiger partial charge in [-0.2, -0.15) is 0 Å². The van der Waals surface area contributed by atoms with E-state index in [-0.39, 0.29) is 0 Å². The molecule has 1 aromatic rings.